The fourth-order valence-corrected chi connectivity index (χ4v) is 1.04. The Morgan fingerprint density at radius 3 is 2.50 bits per heavy atom. The minimum atomic E-state index is -0.437. The van der Waals surface area contributed by atoms with Gasteiger partial charge in [-0.25, -0.2) is 0 Å². The fourth-order valence-electron chi connectivity index (χ4n) is 1.04. The Kier molecular flexibility index (Phi) is 4.03. The van der Waals surface area contributed by atoms with Gasteiger partial charge >= 0.3 is 0 Å². The molecule has 5 nitrogen and oxygen atoms in total. The van der Waals surface area contributed by atoms with E-state index in [9.17, 15) is 10.1 Å². The van der Waals surface area contributed by atoms with Gasteiger partial charge in [-0.1, -0.05) is 12.1 Å². The molecular weight excluding hydrogens is 186 g/mol. The first-order valence-corrected chi connectivity index (χ1v) is 4.16. The van der Waals surface area contributed by atoms with E-state index in [4.69, 9.17) is 9.84 Å². The lowest BCUT2D eigenvalue weighted by atomic mass is 10.1. The van der Waals surface area contributed by atoms with Gasteiger partial charge in [0.25, 0.3) is 5.69 Å². The Hall–Kier alpha value is -1.46. The first kappa shape index (κ1) is 10.6. The van der Waals surface area contributed by atoms with Gasteiger partial charge in [-0.2, -0.15) is 0 Å². The summed E-state index contributed by atoms with van der Waals surface area (Å²) in [6, 6.07) is 6.26. The lowest BCUT2D eigenvalue weighted by Crippen LogP contribution is -1.99. The van der Waals surface area contributed by atoms with E-state index >= 15 is 0 Å². The van der Waals surface area contributed by atoms with Crippen molar-refractivity contribution in [3.63, 3.8) is 0 Å². The Balaban J connectivity index is 2.51. The molecule has 14 heavy (non-hydrogen) atoms. The Morgan fingerprint density at radius 1 is 1.36 bits per heavy atom. The van der Waals surface area contributed by atoms with Gasteiger partial charge < -0.3 is 9.84 Å². The van der Waals surface area contributed by atoms with E-state index in [1.54, 1.807) is 12.1 Å². The maximum absolute atomic E-state index is 10.3. The smallest absolute Gasteiger partial charge is 0.269 e. The first-order valence-electron chi connectivity index (χ1n) is 4.16. The molecule has 0 heterocycles. The van der Waals surface area contributed by atoms with E-state index in [-0.39, 0.29) is 12.5 Å². The predicted octanol–water partition coefficient (Wildman–Crippen LogP) is 1.10. The van der Waals surface area contributed by atoms with Crippen LogP contribution in [0.4, 0.5) is 5.69 Å². The van der Waals surface area contributed by atoms with Crippen molar-refractivity contribution in [2.45, 2.75) is 6.42 Å². The van der Waals surface area contributed by atoms with Crippen molar-refractivity contribution < 1.29 is 14.8 Å². The average Bonchev–Trinajstić information content (AvgIpc) is 2.19. The van der Waals surface area contributed by atoms with E-state index in [0.29, 0.717) is 13.0 Å². The third-order valence-electron chi connectivity index (χ3n) is 1.77. The maximum atomic E-state index is 10.3. The second-order valence-electron chi connectivity index (χ2n) is 2.71. The summed E-state index contributed by atoms with van der Waals surface area (Å²) >= 11 is 0. The Bertz CT molecular complexity index is 296. The second-order valence-corrected chi connectivity index (χ2v) is 2.71. The molecular formula is C9H11NO4. The molecule has 0 saturated heterocycles. The second kappa shape index (κ2) is 5.31. The van der Waals surface area contributed by atoms with Crippen molar-refractivity contribution in [1.29, 1.82) is 0 Å². The van der Waals surface area contributed by atoms with Gasteiger partial charge in [-0.05, 0) is 12.0 Å². The van der Waals surface area contributed by atoms with Crippen LogP contribution in [0.25, 0.3) is 0 Å². The third kappa shape index (κ3) is 3.12. The zero-order valence-electron chi connectivity index (χ0n) is 7.55. The summed E-state index contributed by atoms with van der Waals surface area (Å²) in [7, 11) is 0. The summed E-state index contributed by atoms with van der Waals surface area (Å²) in [6.45, 7) is 0.112. The first-order chi connectivity index (χ1) is 6.74. The lowest BCUT2D eigenvalue weighted by Gasteiger charge is -2.00. The highest BCUT2D eigenvalue weighted by molar-refractivity contribution is 5.32. The number of benzene rings is 1. The third-order valence-corrected chi connectivity index (χ3v) is 1.77. The monoisotopic (exact) mass is 197 g/mol. The molecule has 0 atom stereocenters. The van der Waals surface area contributed by atoms with E-state index in [1.165, 1.54) is 12.1 Å². The van der Waals surface area contributed by atoms with Crippen LogP contribution in [0.15, 0.2) is 24.3 Å². The number of nitro benzene ring substituents is 1. The van der Waals surface area contributed by atoms with E-state index < -0.39 is 4.92 Å². The number of nitrogens with zero attached hydrogens (tertiary/aromatic N) is 1. The molecule has 1 rings (SSSR count). The zero-order chi connectivity index (χ0) is 10.4. The van der Waals surface area contributed by atoms with Gasteiger partial charge in [-0.3, -0.25) is 10.1 Å². The van der Waals surface area contributed by atoms with Crippen LogP contribution in [0.2, 0.25) is 0 Å². The molecule has 1 aromatic rings. The van der Waals surface area contributed by atoms with Crippen LogP contribution in [0.3, 0.4) is 0 Å². The van der Waals surface area contributed by atoms with Gasteiger partial charge in [0.15, 0.2) is 0 Å². The molecule has 0 bridgehead atoms. The topological polar surface area (TPSA) is 72.6 Å². The predicted molar refractivity (Wildman–Crippen MR) is 49.8 cm³/mol. The molecule has 0 radical (unpaired) electrons. The highest BCUT2D eigenvalue weighted by Crippen LogP contribution is 2.12. The number of non-ortho nitro benzene ring substituents is 1. The number of hydrogen-bond donors (Lipinski definition) is 1. The van der Waals surface area contributed by atoms with Gasteiger partial charge in [0.05, 0.1) is 11.5 Å². The molecule has 0 aliphatic carbocycles. The molecule has 0 spiro atoms. The highest BCUT2D eigenvalue weighted by atomic mass is 16.6. The summed E-state index contributed by atoms with van der Waals surface area (Å²) < 4.78 is 4.74. The van der Waals surface area contributed by atoms with Gasteiger partial charge in [0, 0.05) is 12.1 Å². The van der Waals surface area contributed by atoms with Crippen molar-refractivity contribution >= 4 is 5.69 Å². The van der Waals surface area contributed by atoms with E-state index in [1.807, 2.05) is 0 Å². The number of ether oxygens (including phenoxy) is 1. The number of rotatable bonds is 5. The van der Waals surface area contributed by atoms with Crippen LogP contribution < -0.4 is 0 Å². The molecule has 0 amide bonds. The molecule has 1 N–H and O–H groups in total. The average molecular weight is 197 g/mol. The van der Waals surface area contributed by atoms with Crippen LogP contribution in [0.5, 0.6) is 0 Å². The highest BCUT2D eigenvalue weighted by Gasteiger charge is 2.03. The van der Waals surface area contributed by atoms with Crippen LogP contribution in [0.1, 0.15) is 5.56 Å². The number of nitro groups is 1. The van der Waals surface area contributed by atoms with Crippen molar-refractivity contribution in [3.8, 4) is 0 Å². The van der Waals surface area contributed by atoms with Crippen molar-refractivity contribution in [3.05, 3.63) is 39.9 Å². The normalized spacial score (nSPS) is 10.1. The summed E-state index contributed by atoms with van der Waals surface area (Å²) in [6.07, 6.45) is 0.637. The summed E-state index contributed by atoms with van der Waals surface area (Å²) in [5.41, 5.74) is 1.03. The SMILES string of the molecule is O=[N+]([O-])c1ccc(CCOCO)cc1. The van der Waals surface area contributed by atoms with E-state index in [2.05, 4.69) is 0 Å². The molecule has 0 aromatic heterocycles. The number of aliphatic hydroxyl groups is 1. The standard InChI is InChI=1S/C9H11NO4/c11-7-14-6-5-8-1-3-9(4-2-8)10(12)13/h1-4,11H,5-7H2. The van der Waals surface area contributed by atoms with Gasteiger partial charge in [0.1, 0.15) is 6.79 Å². The van der Waals surface area contributed by atoms with Crippen LogP contribution in [-0.2, 0) is 11.2 Å². The van der Waals surface area contributed by atoms with Gasteiger partial charge in [0.2, 0.25) is 0 Å². The molecule has 0 unspecified atom stereocenters. The number of aliphatic hydroxyl groups excluding tert-OH is 1. The summed E-state index contributed by atoms with van der Waals surface area (Å²) in [5.74, 6) is 0. The van der Waals surface area contributed by atoms with Crippen molar-refractivity contribution in [2.75, 3.05) is 13.4 Å². The minimum Gasteiger partial charge on any atom is -0.371 e. The molecule has 5 heteroatoms. The molecule has 0 fully saturated rings. The summed E-state index contributed by atoms with van der Waals surface area (Å²) in [5, 5.41) is 18.7. The quantitative estimate of drug-likeness (QED) is 0.332. The summed E-state index contributed by atoms with van der Waals surface area (Å²) in [4.78, 5) is 9.88. The van der Waals surface area contributed by atoms with E-state index in [0.717, 1.165) is 5.56 Å². The molecule has 0 aliphatic heterocycles. The van der Waals surface area contributed by atoms with Crippen LogP contribution >= 0.6 is 0 Å². The zero-order valence-corrected chi connectivity index (χ0v) is 7.55. The Labute approximate surface area is 81.1 Å². The van der Waals surface area contributed by atoms with Crippen LogP contribution in [0, 0.1) is 10.1 Å². The van der Waals surface area contributed by atoms with Crippen molar-refractivity contribution in [1.82, 2.24) is 0 Å². The number of hydrogen-bond acceptors (Lipinski definition) is 4. The minimum absolute atomic E-state index is 0.0804. The fraction of sp³-hybridized carbons (Fsp3) is 0.333. The Morgan fingerprint density at radius 2 is 2.00 bits per heavy atom. The molecule has 76 valence electrons. The van der Waals surface area contributed by atoms with Crippen LogP contribution in [-0.4, -0.2) is 23.4 Å². The van der Waals surface area contributed by atoms with Gasteiger partial charge in [-0.15, -0.1) is 0 Å². The maximum Gasteiger partial charge on any atom is 0.269 e. The van der Waals surface area contributed by atoms with Crippen molar-refractivity contribution in [2.24, 2.45) is 0 Å². The molecule has 0 aliphatic rings. The largest absolute Gasteiger partial charge is 0.371 e. The molecule has 0 saturated carbocycles. The lowest BCUT2D eigenvalue weighted by molar-refractivity contribution is -0.384. The molecule has 1 aromatic carbocycles.